The molecule has 5 heteroatoms. The number of rotatable bonds is 3. The maximum Gasteiger partial charge on any atom is 0.311 e. The van der Waals surface area contributed by atoms with E-state index in [4.69, 9.17) is 9.47 Å². The van der Waals surface area contributed by atoms with E-state index >= 15 is 0 Å². The summed E-state index contributed by atoms with van der Waals surface area (Å²) in [6, 6.07) is 0. The first-order chi connectivity index (χ1) is 12.5. The normalized spacial score (nSPS) is 51.3. The molecule has 0 aromatic rings. The van der Waals surface area contributed by atoms with Crippen LogP contribution < -0.4 is 0 Å². The highest BCUT2D eigenvalue weighted by Crippen LogP contribution is 2.70. The molecule has 0 radical (unpaired) electrons. The van der Waals surface area contributed by atoms with Crippen LogP contribution in [0, 0.1) is 23.2 Å². The van der Waals surface area contributed by atoms with E-state index in [0.29, 0.717) is 5.92 Å². The van der Waals surface area contributed by atoms with E-state index in [9.17, 15) is 4.79 Å². The molecule has 2 aliphatic carbocycles. The van der Waals surface area contributed by atoms with Crippen molar-refractivity contribution in [1.82, 2.24) is 9.80 Å². The molecule has 146 valence electrons. The number of hydrogen-bond acceptors (Lipinski definition) is 5. The lowest BCUT2D eigenvalue weighted by Gasteiger charge is -2.49. The van der Waals surface area contributed by atoms with E-state index in [1.54, 1.807) is 0 Å². The topological polar surface area (TPSA) is 45.3 Å². The number of likely N-dealkylation sites (N-methyl/N-ethyl adjacent to an activating group) is 1. The summed E-state index contributed by atoms with van der Waals surface area (Å²) in [7, 11) is 0. The number of nitrogens with zero attached hydrogens (tertiary/aromatic N) is 2. The van der Waals surface area contributed by atoms with Crippen molar-refractivity contribution < 1.29 is 14.3 Å². The molecule has 5 aliphatic rings. The van der Waals surface area contributed by atoms with Crippen LogP contribution in [-0.4, -0.2) is 72.8 Å². The van der Waals surface area contributed by atoms with Crippen molar-refractivity contribution in [2.45, 2.75) is 64.3 Å². The predicted octanol–water partition coefficient (Wildman–Crippen LogP) is 2.15. The number of carbonyl (C=O) groups excluding carboxylic acids is 1. The average Bonchev–Trinajstić information content (AvgIpc) is 3.31. The van der Waals surface area contributed by atoms with Crippen molar-refractivity contribution in [2.75, 3.05) is 39.3 Å². The minimum atomic E-state index is 0.0104. The van der Waals surface area contributed by atoms with Crippen LogP contribution in [0.25, 0.3) is 0 Å². The van der Waals surface area contributed by atoms with Crippen LogP contribution in [-0.2, 0) is 14.3 Å². The van der Waals surface area contributed by atoms with Crippen LogP contribution in [0.1, 0.15) is 46.5 Å². The Bertz CT molecular complexity index is 590. The Hall–Kier alpha value is -0.650. The van der Waals surface area contributed by atoms with Gasteiger partial charge in [-0.1, -0.05) is 27.2 Å². The van der Waals surface area contributed by atoms with E-state index < -0.39 is 0 Å². The summed E-state index contributed by atoms with van der Waals surface area (Å²) in [4.78, 5) is 17.7. The lowest BCUT2D eigenvalue weighted by molar-refractivity contribution is -0.146. The van der Waals surface area contributed by atoms with Crippen LogP contribution in [0.5, 0.6) is 0 Å². The number of esters is 1. The molecule has 5 rings (SSSR count). The largest absolute Gasteiger partial charge is 0.462 e. The summed E-state index contributed by atoms with van der Waals surface area (Å²) in [5.41, 5.74) is 0.220. The molecule has 26 heavy (non-hydrogen) atoms. The van der Waals surface area contributed by atoms with E-state index in [1.807, 2.05) is 0 Å². The second kappa shape index (κ2) is 5.92. The summed E-state index contributed by atoms with van der Waals surface area (Å²) >= 11 is 0. The molecule has 3 aliphatic heterocycles. The standard InChI is InChI=1S/C21H34N2O3/c1-4-22-8-10-23(11-9-22)13-15-17-16(25-19(15)24)12-20(3)7-5-6-14(2)21(20)18(17)26-21/h14-18H,4-13H2,1-3H3/t14-,15+,16+,17+,18-,20+,21+/m0/s1. The molecule has 3 heterocycles. The van der Waals surface area contributed by atoms with Crippen LogP contribution in [0.15, 0.2) is 0 Å². The van der Waals surface area contributed by atoms with Crippen molar-refractivity contribution in [3.63, 3.8) is 0 Å². The smallest absolute Gasteiger partial charge is 0.311 e. The van der Waals surface area contributed by atoms with Crippen LogP contribution in [0.4, 0.5) is 0 Å². The molecular formula is C21H34N2O3. The fourth-order valence-corrected chi connectivity index (χ4v) is 7.01. The maximum absolute atomic E-state index is 12.8. The van der Waals surface area contributed by atoms with Crippen LogP contribution >= 0.6 is 0 Å². The van der Waals surface area contributed by atoms with E-state index in [0.717, 1.165) is 45.7 Å². The van der Waals surface area contributed by atoms with Crippen molar-refractivity contribution >= 4 is 5.97 Å². The molecular weight excluding hydrogens is 328 g/mol. The van der Waals surface area contributed by atoms with E-state index in [2.05, 4.69) is 30.6 Å². The Labute approximate surface area is 157 Å². The Morgan fingerprint density at radius 1 is 1.19 bits per heavy atom. The zero-order valence-electron chi connectivity index (χ0n) is 16.6. The van der Waals surface area contributed by atoms with E-state index in [1.165, 1.54) is 19.3 Å². The van der Waals surface area contributed by atoms with Gasteiger partial charge in [-0.05, 0) is 31.7 Å². The van der Waals surface area contributed by atoms with Crippen molar-refractivity contribution in [1.29, 1.82) is 0 Å². The highest BCUT2D eigenvalue weighted by Gasteiger charge is 2.78. The number of epoxide rings is 1. The monoisotopic (exact) mass is 362 g/mol. The van der Waals surface area contributed by atoms with Gasteiger partial charge in [-0.2, -0.15) is 0 Å². The number of fused-ring (bicyclic) bond motifs is 2. The highest BCUT2D eigenvalue weighted by molar-refractivity contribution is 5.76. The molecule has 3 saturated heterocycles. The summed E-state index contributed by atoms with van der Waals surface area (Å²) < 4.78 is 12.5. The second-order valence-corrected chi connectivity index (χ2v) is 9.78. The first-order valence-corrected chi connectivity index (χ1v) is 10.8. The van der Waals surface area contributed by atoms with Gasteiger partial charge in [0.25, 0.3) is 0 Å². The molecule has 0 amide bonds. The number of hydrogen-bond donors (Lipinski definition) is 0. The van der Waals surface area contributed by atoms with Gasteiger partial charge in [-0.3, -0.25) is 9.69 Å². The molecule has 0 unspecified atom stereocenters. The molecule has 2 saturated carbocycles. The van der Waals surface area contributed by atoms with Gasteiger partial charge in [-0.15, -0.1) is 0 Å². The van der Waals surface area contributed by atoms with Gasteiger partial charge in [0, 0.05) is 44.1 Å². The molecule has 0 aromatic heterocycles. The SMILES string of the molecule is CCN1CCN(C[C@H]2C(=O)O[C@@H]3C[C@@]4(C)CCC[C@H](C)[C@]45O[C@H]5[C@@H]32)CC1. The quantitative estimate of drug-likeness (QED) is 0.569. The first kappa shape index (κ1) is 17.4. The second-order valence-electron chi connectivity index (χ2n) is 9.78. The van der Waals surface area contributed by atoms with Gasteiger partial charge in [-0.25, -0.2) is 0 Å². The minimum Gasteiger partial charge on any atom is -0.462 e. The summed E-state index contributed by atoms with van der Waals surface area (Å²) in [5, 5.41) is 0. The van der Waals surface area contributed by atoms with E-state index in [-0.39, 0.29) is 41.0 Å². The lowest BCUT2D eigenvalue weighted by atomic mass is 9.53. The summed E-state index contributed by atoms with van der Waals surface area (Å²) in [5.74, 6) is 0.937. The van der Waals surface area contributed by atoms with Gasteiger partial charge >= 0.3 is 5.97 Å². The molecule has 1 spiro atoms. The molecule has 0 N–H and O–H groups in total. The summed E-state index contributed by atoms with van der Waals surface area (Å²) in [6.45, 7) is 13.3. The Morgan fingerprint density at radius 2 is 1.92 bits per heavy atom. The Kier molecular flexibility index (Phi) is 3.97. The predicted molar refractivity (Wildman–Crippen MR) is 98.8 cm³/mol. The third-order valence-electron chi connectivity index (χ3n) is 8.56. The third kappa shape index (κ3) is 2.29. The maximum atomic E-state index is 12.8. The fourth-order valence-electron chi connectivity index (χ4n) is 7.01. The number of ether oxygens (including phenoxy) is 2. The highest BCUT2D eigenvalue weighted by atomic mass is 16.6. The van der Waals surface area contributed by atoms with Crippen molar-refractivity contribution in [3.8, 4) is 0 Å². The minimum absolute atomic E-state index is 0.0104. The molecule has 7 atom stereocenters. The molecule has 0 bridgehead atoms. The van der Waals surface area contributed by atoms with Crippen molar-refractivity contribution in [2.24, 2.45) is 23.2 Å². The fraction of sp³-hybridized carbons (Fsp3) is 0.952. The van der Waals surface area contributed by atoms with Gasteiger partial charge in [0.15, 0.2) is 0 Å². The van der Waals surface area contributed by atoms with Gasteiger partial charge in [0.2, 0.25) is 0 Å². The molecule has 0 aromatic carbocycles. The zero-order chi connectivity index (χ0) is 18.1. The molecule has 5 nitrogen and oxygen atoms in total. The number of piperazine rings is 1. The van der Waals surface area contributed by atoms with Crippen LogP contribution in [0.2, 0.25) is 0 Å². The average molecular weight is 363 g/mol. The number of carbonyl (C=O) groups is 1. The van der Waals surface area contributed by atoms with Gasteiger partial charge < -0.3 is 14.4 Å². The van der Waals surface area contributed by atoms with Gasteiger partial charge in [0.05, 0.1) is 12.0 Å². The van der Waals surface area contributed by atoms with Gasteiger partial charge in [0.1, 0.15) is 11.7 Å². The first-order valence-electron chi connectivity index (χ1n) is 10.8. The van der Waals surface area contributed by atoms with Crippen LogP contribution in [0.3, 0.4) is 0 Å². The zero-order valence-corrected chi connectivity index (χ0v) is 16.6. The molecule has 5 fully saturated rings. The Morgan fingerprint density at radius 3 is 2.65 bits per heavy atom. The summed E-state index contributed by atoms with van der Waals surface area (Å²) in [6.07, 6.45) is 5.10. The lowest BCUT2D eigenvalue weighted by Crippen LogP contribution is -2.55. The van der Waals surface area contributed by atoms with Crippen molar-refractivity contribution in [3.05, 3.63) is 0 Å². The Balaban J connectivity index is 1.34. The third-order valence-corrected chi connectivity index (χ3v) is 8.56.